The van der Waals surface area contributed by atoms with Gasteiger partial charge in [0.05, 0.1) is 5.02 Å². The van der Waals surface area contributed by atoms with Gasteiger partial charge in [0.15, 0.2) is 0 Å². The molecule has 0 aliphatic rings. The van der Waals surface area contributed by atoms with Crippen LogP contribution in [0.2, 0.25) is 5.02 Å². The quantitative estimate of drug-likeness (QED) is 0.861. The maximum absolute atomic E-state index is 11.9. The Morgan fingerprint density at radius 1 is 1.29 bits per heavy atom. The van der Waals surface area contributed by atoms with E-state index in [1.165, 1.54) is 6.07 Å². The number of nitrogens with one attached hydrogen (secondary N) is 1. The first-order chi connectivity index (χ1) is 10.1. The van der Waals surface area contributed by atoms with E-state index in [-0.39, 0.29) is 19.1 Å². The molecule has 2 rings (SSSR count). The smallest absolute Gasteiger partial charge is 0.325 e. The van der Waals surface area contributed by atoms with E-state index < -0.39 is 5.97 Å². The van der Waals surface area contributed by atoms with Crippen molar-refractivity contribution in [3.8, 4) is 0 Å². The summed E-state index contributed by atoms with van der Waals surface area (Å²) in [6, 6.07) is 10.9. The number of hydrogen-bond acceptors (Lipinski definition) is 3. The first kappa shape index (κ1) is 15.1. The lowest BCUT2D eigenvalue weighted by atomic mass is 10.2. The van der Waals surface area contributed by atoms with Crippen LogP contribution < -0.4 is 5.32 Å². The molecule has 0 unspecified atom stereocenters. The minimum Gasteiger partial charge on any atom is -0.460 e. The third-order valence-corrected chi connectivity index (χ3v) is 3.05. The normalized spacial score (nSPS) is 10.2. The molecule has 0 aliphatic heterocycles. The lowest BCUT2D eigenvalue weighted by Gasteiger charge is -2.07. The van der Waals surface area contributed by atoms with Crippen molar-refractivity contribution < 1.29 is 14.3 Å². The van der Waals surface area contributed by atoms with Gasteiger partial charge in [-0.25, -0.2) is 0 Å². The van der Waals surface area contributed by atoms with Crippen molar-refractivity contribution in [1.29, 1.82) is 0 Å². The summed E-state index contributed by atoms with van der Waals surface area (Å²) in [4.78, 5) is 23.4. The van der Waals surface area contributed by atoms with Gasteiger partial charge in [0.25, 0.3) is 5.91 Å². The van der Waals surface area contributed by atoms with Gasteiger partial charge >= 0.3 is 5.97 Å². The standard InChI is InChI=1S/C15H15ClN2O3/c1-18-9-12(16)7-13(18)15(20)17-8-14(19)21-10-11-5-3-2-4-6-11/h2-7,9H,8,10H2,1H3,(H,17,20). The topological polar surface area (TPSA) is 60.3 Å². The second kappa shape index (κ2) is 6.95. The molecule has 0 saturated heterocycles. The van der Waals surface area contributed by atoms with E-state index in [2.05, 4.69) is 5.32 Å². The predicted octanol–water partition coefficient (Wildman–Crippen LogP) is 2.15. The molecule has 0 saturated carbocycles. The van der Waals surface area contributed by atoms with Crippen LogP contribution >= 0.6 is 11.6 Å². The zero-order valence-corrected chi connectivity index (χ0v) is 12.3. The Morgan fingerprint density at radius 2 is 2.00 bits per heavy atom. The number of esters is 1. The molecule has 6 heteroatoms. The van der Waals surface area contributed by atoms with E-state index in [0.29, 0.717) is 10.7 Å². The second-order valence-corrected chi connectivity index (χ2v) is 4.92. The summed E-state index contributed by atoms with van der Waals surface area (Å²) in [5, 5.41) is 2.96. The molecule has 1 aromatic carbocycles. The fourth-order valence-electron chi connectivity index (χ4n) is 1.78. The van der Waals surface area contributed by atoms with Crippen molar-refractivity contribution in [1.82, 2.24) is 9.88 Å². The highest BCUT2D eigenvalue weighted by molar-refractivity contribution is 6.31. The number of rotatable bonds is 5. The van der Waals surface area contributed by atoms with E-state index in [1.807, 2.05) is 30.3 Å². The number of hydrogen-bond donors (Lipinski definition) is 1. The van der Waals surface area contributed by atoms with Crippen molar-refractivity contribution >= 4 is 23.5 Å². The minimum absolute atomic E-state index is 0.186. The molecule has 110 valence electrons. The van der Waals surface area contributed by atoms with Gasteiger partial charge in [0.1, 0.15) is 18.8 Å². The molecular weight excluding hydrogens is 292 g/mol. The largest absolute Gasteiger partial charge is 0.460 e. The number of aryl methyl sites for hydroxylation is 1. The molecule has 0 spiro atoms. The lowest BCUT2D eigenvalue weighted by Crippen LogP contribution is -2.31. The Labute approximate surface area is 127 Å². The Hall–Kier alpha value is -2.27. The summed E-state index contributed by atoms with van der Waals surface area (Å²) < 4.78 is 6.65. The third kappa shape index (κ3) is 4.36. The molecular formula is C15H15ClN2O3. The SMILES string of the molecule is Cn1cc(Cl)cc1C(=O)NCC(=O)OCc1ccccc1. The molecule has 1 N–H and O–H groups in total. The number of benzene rings is 1. The average molecular weight is 307 g/mol. The van der Waals surface area contributed by atoms with Crippen LogP contribution in [-0.2, 0) is 23.2 Å². The number of aromatic nitrogens is 1. The van der Waals surface area contributed by atoms with Crippen molar-refractivity contribution in [3.05, 3.63) is 58.9 Å². The highest BCUT2D eigenvalue weighted by atomic mass is 35.5. The number of ether oxygens (including phenoxy) is 1. The van der Waals surface area contributed by atoms with E-state index in [9.17, 15) is 9.59 Å². The third-order valence-electron chi connectivity index (χ3n) is 2.84. The van der Waals surface area contributed by atoms with Gasteiger partial charge in [-0.3, -0.25) is 9.59 Å². The molecule has 0 aliphatic carbocycles. The van der Waals surface area contributed by atoms with E-state index >= 15 is 0 Å². The lowest BCUT2D eigenvalue weighted by molar-refractivity contribution is -0.143. The maximum Gasteiger partial charge on any atom is 0.325 e. The van der Waals surface area contributed by atoms with Gasteiger partial charge in [-0.2, -0.15) is 0 Å². The number of nitrogens with zero attached hydrogens (tertiary/aromatic N) is 1. The molecule has 5 nitrogen and oxygen atoms in total. The zero-order chi connectivity index (χ0) is 15.2. The van der Waals surface area contributed by atoms with Crippen LogP contribution in [0.1, 0.15) is 16.1 Å². The number of carbonyl (C=O) groups excluding carboxylic acids is 2. The van der Waals surface area contributed by atoms with Gasteiger partial charge in [-0.05, 0) is 11.6 Å². The van der Waals surface area contributed by atoms with Crippen molar-refractivity contribution in [2.45, 2.75) is 6.61 Å². The van der Waals surface area contributed by atoms with E-state index in [1.54, 1.807) is 17.8 Å². The van der Waals surface area contributed by atoms with Crippen LogP contribution in [0.25, 0.3) is 0 Å². The van der Waals surface area contributed by atoms with Crippen LogP contribution in [-0.4, -0.2) is 23.0 Å². The molecule has 0 fully saturated rings. The van der Waals surface area contributed by atoms with Crippen molar-refractivity contribution in [3.63, 3.8) is 0 Å². The monoisotopic (exact) mass is 306 g/mol. The molecule has 2 aromatic rings. The molecule has 0 atom stereocenters. The molecule has 0 radical (unpaired) electrons. The van der Waals surface area contributed by atoms with Gasteiger partial charge in [0.2, 0.25) is 0 Å². The first-order valence-corrected chi connectivity index (χ1v) is 6.73. The second-order valence-electron chi connectivity index (χ2n) is 4.48. The molecule has 0 bridgehead atoms. The van der Waals surface area contributed by atoms with Crippen LogP contribution in [0.4, 0.5) is 0 Å². The number of amides is 1. The first-order valence-electron chi connectivity index (χ1n) is 6.36. The van der Waals surface area contributed by atoms with E-state index in [4.69, 9.17) is 16.3 Å². The van der Waals surface area contributed by atoms with Crippen LogP contribution in [0, 0.1) is 0 Å². The summed E-state index contributed by atoms with van der Waals surface area (Å²) in [5.41, 5.74) is 1.28. The fourth-order valence-corrected chi connectivity index (χ4v) is 2.03. The fraction of sp³-hybridized carbons (Fsp3) is 0.200. The molecule has 21 heavy (non-hydrogen) atoms. The molecule has 1 aromatic heterocycles. The Kier molecular flexibility index (Phi) is 5.00. The van der Waals surface area contributed by atoms with Gasteiger partial charge in [0, 0.05) is 13.2 Å². The zero-order valence-electron chi connectivity index (χ0n) is 11.5. The Morgan fingerprint density at radius 3 is 2.62 bits per heavy atom. The van der Waals surface area contributed by atoms with Crippen LogP contribution in [0.5, 0.6) is 0 Å². The summed E-state index contributed by atoms with van der Waals surface area (Å²) in [6.45, 7) is -0.00000727. The average Bonchev–Trinajstić information content (AvgIpc) is 2.82. The van der Waals surface area contributed by atoms with Crippen LogP contribution in [0.3, 0.4) is 0 Å². The Bertz CT molecular complexity index is 638. The summed E-state index contributed by atoms with van der Waals surface area (Å²) in [7, 11) is 1.70. The van der Waals surface area contributed by atoms with Gasteiger partial charge in [-0.15, -0.1) is 0 Å². The summed E-state index contributed by atoms with van der Waals surface area (Å²) >= 11 is 5.80. The molecule has 1 amide bonds. The highest BCUT2D eigenvalue weighted by Crippen LogP contribution is 2.12. The highest BCUT2D eigenvalue weighted by Gasteiger charge is 2.12. The van der Waals surface area contributed by atoms with Gasteiger partial charge in [-0.1, -0.05) is 41.9 Å². The number of carbonyl (C=O) groups is 2. The Balaban J connectivity index is 1.79. The minimum atomic E-state index is -0.493. The summed E-state index contributed by atoms with van der Waals surface area (Å²) in [6.07, 6.45) is 1.62. The van der Waals surface area contributed by atoms with Crippen molar-refractivity contribution in [2.75, 3.05) is 6.54 Å². The number of halogens is 1. The van der Waals surface area contributed by atoms with Crippen LogP contribution in [0.15, 0.2) is 42.6 Å². The van der Waals surface area contributed by atoms with E-state index in [0.717, 1.165) is 5.56 Å². The maximum atomic E-state index is 11.9. The molecule has 1 heterocycles. The predicted molar refractivity (Wildman–Crippen MR) is 79.0 cm³/mol. The van der Waals surface area contributed by atoms with Gasteiger partial charge < -0.3 is 14.6 Å². The summed E-state index contributed by atoms with van der Waals surface area (Å²) in [5.74, 6) is -0.867. The van der Waals surface area contributed by atoms with Crippen molar-refractivity contribution in [2.24, 2.45) is 7.05 Å².